The van der Waals surface area contributed by atoms with Gasteiger partial charge in [0.15, 0.2) is 5.65 Å². The molecule has 2 N–H and O–H groups in total. The van der Waals surface area contributed by atoms with Crippen LogP contribution in [0.15, 0.2) is 42.6 Å². The lowest BCUT2D eigenvalue weighted by atomic mass is 10.3. The lowest BCUT2D eigenvalue weighted by molar-refractivity contribution is 0.318. The highest BCUT2D eigenvalue weighted by molar-refractivity contribution is 5.54. The number of ether oxygens (including phenoxy) is 1. The van der Waals surface area contributed by atoms with Gasteiger partial charge in [-0.15, -0.1) is 10.2 Å². The number of pyridine rings is 1. The van der Waals surface area contributed by atoms with E-state index in [1.54, 1.807) is 0 Å². The van der Waals surface area contributed by atoms with Crippen molar-refractivity contribution in [1.29, 1.82) is 0 Å². The summed E-state index contributed by atoms with van der Waals surface area (Å²) in [5, 5.41) is 8.39. The van der Waals surface area contributed by atoms with Gasteiger partial charge >= 0.3 is 0 Å². The zero-order valence-electron chi connectivity index (χ0n) is 11.3. The average Bonchev–Trinajstić information content (AvgIpc) is 2.83. The van der Waals surface area contributed by atoms with Crippen molar-refractivity contribution in [1.82, 2.24) is 14.6 Å². The Morgan fingerprint density at radius 2 is 2.00 bits per heavy atom. The number of nitrogen functional groups attached to an aromatic ring is 1. The molecule has 0 fully saturated rings. The van der Waals surface area contributed by atoms with Gasteiger partial charge < -0.3 is 10.5 Å². The van der Waals surface area contributed by atoms with E-state index in [2.05, 4.69) is 10.2 Å². The van der Waals surface area contributed by atoms with Crippen molar-refractivity contribution in [2.75, 3.05) is 12.3 Å². The summed E-state index contributed by atoms with van der Waals surface area (Å²) in [4.78, 5) is 0. The van der Waals surface area contributed by atoms with Crippen LogP contribution < -0.4 is 10.5 Å². The Kier molecular flexibility index (Phi) is 3.25. The molecule has 2 aromatic heterocycles. The molecule has 0 aliphatic rings. The number of hydrogen-bond donors (Lipinski definition) is 1. The minimum atomic E-state index is 0.554. The smallest absolute Gasteiger partial charge is 0.163 e. The molecule has 0 unspecified atom stereocenters. The molecule has 102 valence electrons. The van der Waals surface area contributed by atoms with Crippen LogP contribution in [0, 0.1) is 6.92 Å². The third-order valence-corrected chi connectivity index (χ3v) is 3.12. The maximum absolute atomic E-state index is 5.86. The van der Waals surface area contributed by atoms with Gasteiger partial charge in [-0.1, -0.05) is 18.2 Å². The fourth-order valence-electron chi connectivity index (χ4n) is 2.18. The molecule has 1 aromatic carbocycles. The van der Waals surface area contributed by atoms with Crippen LogP contribution in [0.1, 0.15) is 11.4 Å². The average molecular weight is 268 g/mol. The second kappa shape index (κ2) is 5.21. The van der Waals surface area contributed by atoms with Crippen LogP contribution in [-0.2, 0) is 6.42 Å². The molecular weight excluding hydrogens is 252 g/mol. The van der Waals surface area contributed by atoms with E-state index in [-0.39, 0.29) is 0 Å². The number of anilines is 1. The number of aryl methyl sites for hydroxylation is 1. The molecule has 3 rings (SSSR count). The van der Waals surface area contributed by atoms with E-state index in [9.17, 15) is 0 Å². The zero-order chi connectivity index (χ0) is 13.9. The largest absolute Gasteiger partial charge is 0.493 e. The Morgan fingerprint density at radius 3 is 2.80 bits per heavy atom. The van der Waals surface area contributed by atoms with Crippen molar-refractivity contribution < 1.29 is 4.74 Å². The SMILES string of the molecule is Cc1cc(N)cn2c(CCOc3ccccc3)nnc12. The van der Waals surface area contributed by atoms with Gasteiger partial charge in [0.2, 0.25) is 0 Å². The Balaban J connectivity index is 1.75. The normalized spacial score (nSPS) is 10.8. The minimum Gasteiger partial charge on any atom is -0.493 e. The van der Waals surface area contributed by atoms with Gasteiger partial charge in [-0.05, 0) is 30.7 Å². The number of nitrogens with two attached hydrogens (primary N) is 1. The van der Waals surface area contributed by atoms with E-state index in [0.717, 1.165) is 22.8 Å². The number of hydrogen-bond acceptors (Lipinski definition) is 4. The monoisotopic (exact) mass is 268 g/mol. The summed E-state index contributed by atoms with van der Waals surface area (Å²) in [6.45, 7) is 2.53. The van der Waals surface area contributed by atoms with Gasteiger partial charge in [0.05, 0.1) is 6.61 Å². The molecule has 0 aliphatic heterocycles. The molecule has 0 aliphatic carbocycles. The Labute approximate surface area is 117 Å². The second-order valence-corrected chi connectivity index (χ2v) is 4.68. The molecule has 0 atom stereocenters. The van der Waals surface area contributed by atoms with Crippen LogP contribution in [0.2, 0.25) is 0 Å². The van der Waals surface area contributed by atoms with E-state index < -0.39 is 0 Å². The van der Waals surface area contributed by atoms with Gasteiger partial charge in [0.25, 0.3) is 0 Å². The first-order chi connectivity index (χ1) is 9.74. The van der Waals surface area contributed by atoms with Gasteiger partial charge in [-0.2, -0.15) is 0 Å². The predicted molar refractivity (Wildman–Crippen MR) is 77.8 cm³/mol. The van der Waals surface area contributed by atoms with Gasteiger partial charge in [0, 0.05) is 18.3 Å². The molecule has 5 nitrogen and oxygen atoms in total. The summed E-state index contributed by atoms with van der Waals surface area (Å²) >= 11 is 0. The topological polar surface area (TPSA) is 65.4 Å². The van der Waals surface area contributed by atoms with Crippen molar-refractivity contribution >= 4 is 11.3 Å². The number of fused-ring (bicyclic) bond motifs is 1. The maximum atomic E-state index is 5.86. The predicted octanol–water partition coefficient (Wildman–Crippen LogP) is 2.24. The number of para-hydroxylation sites is 1. The van der Waals surface area contributed by atoms with Crippen LogP contribution in [0.3, 0.4) is 0 Å². The zero-order valence-corrected chi connectivity index (χ0v) is 11.3. The first kappa shape index (κ1) is 12.5. The highest BCUT2D eigenvalue weighted by Gasteiger charge is 2.08. The van der Waals surface area contributed by atoms with Crippen molar-refractivity contribution in [3.63, 3.8) is 0 Å². The highest BCUT2D eigenvalue weighted by Crippen LogP contribution is 2.14. The first-order valence-corrected chi connectivity index (χ1v) is 6.51. The molecule has 3 aromatic rings. The summed E-state index contributed by atoms with van der Waals surface area (Å²) in [5.41, 5.74) is 8.44. The third-order valence-electron chi connectivity index (χ3n) is 3.12. The summed E-state index contributed by atoms with van der Waals surface area (Å²) in [5.74, 6) is 1.71. The fourth-order valence-corrected chi connectivity index (χ4v) is 2.18. The van der Waals surface area contributed by atoms with Gasteiger partial charge in [-0.25, -0.2) is 0 Å². The molecular formula is C15H16N4O. The Bertz CT molecular complexity index is 721. The molecule has 0 radical (unpaired) electrons. The molecule has 0 bridgehead atoms. The van der Waals surface area contributed by atoms with Crippen molar-refractivity contribution in [2.24, 2.45) is 0 Å². The van der Waals surface area contributed by atoms with Gasteiger partial charge in [-0.3, -0.25) is 4.40 Å². The molecule has 0 saturated heterocycles. The number of aromatic nitrogens is 3. The summed E-state index contributed by atoms with van der Waals surface area (Å²) in [6.07, 6.45) is 2.53. The van der Waals surface area contributed by atoms with Crippen LogP contribution in [0.5, 0.6) is 5.75 Å². The Hall–Kier alpha value is -2.56. The second-order valence-electron chi connectivity index (χ2n) is 4.68. The lowest BCUT2D eigenvalue weighted by Gasteiger charge is -2.06. The molecule has 0 spiro atoms. The van der Waals surface area contributed by atoms with E-state index >= 15 is 0 Å². The van der Waals surface area contributed by atoms with Crippen LogP contribution in [0.25, 0.3) is 5.65 Å². The summed E-state index contributed by atoms with van der Waals surface area (Å²) < 4.78 is 7.61. The van der Waals surface area contributed by atoms with Crippen molar-refractivity contribution in [3.05, 3.63) is 54.0 Å². The third kappa shape index (κ3) is 2.42. The lowest BCUT2D eigenvalue weighted by Crippen LogP contribution is -2.05. The summed E-state index contributed by atoms with van der Waals surface area (Å²) in [6, 6.07) is 11.6. The molecule has 20 heavy (non-hydrogen) atoms. The molecule has 2 heterocycles. The van der Waals surface area contributed by atoms with E-state index in [1.165, 1.54) is 0 Å². The fraction of sp³-hybridized carbons (Fsp3) is 0.200. The van der Waals surface area contributed by atoms with Crippen molar-refractivity contribution in [3.8, 4) is 5.75 Å². The molecule has 0 saturated carbocycles. The highest BCUT2D eigenvalue weighted by atomic mass is 16.5. The number of nitrogens with zero attached hydrogens (tertiary/aromatic N) is 3. The first-order valence-electron chi connectivity index (χ1n) is 6.51. The molecule has 0 amide bonds. The van der Waals surface area contributed by atoms with Crippen molar-refractivity contribution in [2.45, 2.75) is 13.3 Å². The van der Waals surface area contributed by atoms with E-state index in [0.29, 0.717) is 18.7 Å². The Morgan fingerprint density at radius 1 is 1.20 bits per heavy atom. The van der Waals surface area contributed by atoms with Gasteiger partial charge in [0.1, 0.15) is 11.6 Å². The number of rotatable bonds is 4. The standard InChI is InChI=1S/C15H16N4O/c1-11-9-12(16)10-19-14(17-18-15(11)19)7-8-20-13-5-3-2-4-6-13/h2-6,9-10H,7-8,16H2,1H3. The van der Waals surface area contributed by atoms with Crippen LogP contribution in [-0.4, -0.2) is 21.2 Å². The van der Waals surface area contributed by atoms with E-state index in [1.807, 2.05) is 53.9 Å². The minimum absolute atomic E-state index is 0.554. The van der Waals surface area contributed by atoms with E-state index in [4.69, 9.17) is 10.5 Å². The quantitative estimate of drug-likeness (QED) is 0.788. The molecule has 5 heteroatoms. The van der Waals surface area contributed by atoms with Crippen LogP contribution >= 0.6 is 0 Å². The van der Waals surface area contributed by atoms with Crippen LogP contribution in [0.4, 0.5) is 5.69 Å². The summed E-state index contributed by atoms with van der Waals surface area (Å²) in [7, 11) is 0. The number of benzene rings is 1. The maximum Gasteiger partial charge on any atom is 0.163 e.